The molecule has 7 heteroatoms. The smallest absolute Gasteiger partial charge is 0.270 e. The van der Waals surface area contributed by atoms with Crippen molar-refractivity contribution in [1.29, 1.82) is 0 Å². The molecule has 1 aliphatic rings. The predicted octanol–water partition coefficient (Wildman–Crippen LogP) is 5.07. The standard InChI is InChI=1S/C20H16ClFN2O2S/c21-16-2-1-3-17(22)15(16)10-26-14-8-4-12(5-9-14)20-24-18(11-27-20)19(25)23-13-6-7-13/h1-5,8-9,11,13H,6-7,10H2,(H,23,25). The van der Waals surface area contributed by atoms with Gasteiger partial charge >= 0.3 is 0 Å². The number of thiazole rings is 1. The van der Waals surface area contributed by atoms with E-state index in [-0.39, 0.29) is 18.3 Å². The van der Waals surface area contributed by atoms with Gasteiger partial charge in [0.2, 0.25) is 0 Å². The van der Waals surface area contributed by atoms with Crippen molar-refractivity contribution in [3.63, 3.8) is 0 Å². The van der Waals surface area contributed by atoms with Crippen LogP contribution in [0.1, 0.15) is 28.9 Å². The zero-order valence-electron chi connectivity index (χ0n) is 14.2. The number of ether oxygens (including phenoxy) is 1. The fourth-order valence-corrected chi connectivity index (χ4v) is 3.54. The van der Waals surface area contributed by atoms with Crippen LogP contribution in [0, 0.1) is 5.82 Å². The van der Waals surface area contributed by atoms with Crippen molar-refractivity contribution >= 4 is 28.8 Å². The van der Waals surface area contributed by atoms with E-state index >= 15 is 0 Å². The first-order valence-electron chi connectivity index (χ1n) is 8.52. The summed E-state index contributed by atoms with van der Waals surface area (Å²) in [5.74, 6) is 0.0851. The molecular formula is C20H16ClFN2O2S. The van der Waals surface area contributed by atoms with Crippen molar-refractivity contribution in [2.75, 3.05) is 0 Å². The molecule has 1 N–H and O–H groups in total. The van der Waals surface area contributed by atoms with Gasteiger partial charge in [-0.1, -0.05) is 17.7 Å². The number of carbonyl (C=O) groups excluding carboxylic acids is 1. The Morgan fingerprint density at radius 3 is 2.74 bits per heavy atom. The molecule has 138 valence electrons. The number of halogens is 2. The highest BCUT2D eigenvalue weighted by Gasteiger charge is 2.24. The number of aromatic nitrogens is 1. The first kappa shape index (κ1) is 17.9. The molecule has 1 aromatic heterocycles. The number of nitrogens with one attached hydrogen (secondary N) is 1. The van der Waals surface area contributed by atoms with Gasteiger partial charge in [-0.3, -0.25) is 4.79 Å². The molecule has 1 saturated carbocycles. The Morgan fingerprint density at radius 2 is 2.04 bits per heavy atom. The van der Waals surface area contributed by atoms with Gasteiger partial charge in [-0.15, -0.1) is 11.3 Å². The maximum absolute atomic E-state index is 13.8. The van der Waals surface area contributed by atoms with Crippen LogP contribution in [0.4, 0.5) is 4.39 Å². The lowest BCUT2D eigenvalue weighted by molar-refractivity contribution is 0.0947. The third kappa shape index (κ3) is 4.28. The van der Waals surface area contributed by atoms with Crippen LogP contribution in [0.5, 0.6) is 5.75 Å². The van der Waals surface area contributed by atoms with E-state index in [2.05, 4.69) is 10.3 Å². The van der Waals surface area contributed by atoms with Crippen molar-refractivity contribution < 1.29 is 13.9 Å². The van der Waals surface area contributed by atoms with Gasteiger partial charge in [0.15, 0.2) is 0 Å². The minimum atomic E-state index is -0.390. The highest BCUT2D eigenvalue weighted by atomic mass is 35.5. The topological polar surface area (TPSA) is 51.2 Å². The lowest BCUT2D eigenvalue weighted by Crippen LogP contribution is -2.25. The van der Waals surface area contributed by atoms with Gasteiger partial charge in [-0.05, 0) is 49.2 Å². The van der Waals surface area contributed by atoms with Crippen LogP contribution in [-0.4, -0.2) is 16.9 Å². The first-order valence-corrected chi connectivity index (χ1v) is 9.78. The fraction of sp³-hybridized carbons (Fsp3) is 0.200. The number of carbonyl (C=O) groups is 1. The molecule has 0 spiro atoms. The zero-order chi connectivity index (χ0) is 18.8. The number of benzene rings is 2. The first-order chi connectivity index (χ1) is 13.1. The molecule has 0 radical (unpaired) electrons. The minimum Gasteiger partial charge on any atom is -0.489 e. The Balaban J connectivity index is 1.41. The van der Waals surface area contributed by atoms with E-state index in [9.17, 15) is 9.18 Å². The van der Waals surface area contributed by atoms with Crippen molar-refractivity contribution in [3.05, 3.63) is 69.9 Å². The van der Waals surface area contributed by atoms with E-state index < -0.39 is 0 Å². The van der Waals surface area contributed by atoms with E-state index in [4.69, 9.17) is 16.3 Å². The van der Waals surface area contributed by atoms with Crippen molar-refractivity contribution in [2.24, 2.45) is 0 Å². The van der Waals surface area contributed by atoms with Gasteiger partial charge < -0.3 is 10.1 Å². The molecule has 4 rings (SSSR count). The number of rotatable bonds is 6. The van der Waals surface area contributed by atoms with Crippen LogP contribution in [0.3, 0.4) is 0 Å². The quantitative estimate of drug-likeness (QED) is 0.626. The SMILES string of the molecule is O=C(NC1CC1)c1csc(-c2ccc(OCc3c(F)cccc3Cl)cc2)n1. The van der Waals surface area contributed by atoms with Gasteiger partial charge in [-0.2, -0.15) is 0 Å². The summed E-state index contributed by atoms with van der Waals surface area (Å²) in [7, 11) is 0. The van der Waals surface area contributed by atoms with Crippen LogP contribution in [0.15, 0.2) is 47.8 Å². The summed E-state index contributed by atoms with van der Waals surface area (Å²) >= 11 is 7.42. The highest BCUT2D eigenvalue weighted by Crippen LogP contribution is 2.27. The summed E-state index contributed by atoms with van der Waals surface area (Å²) in [5.41, 5.74) is 1.66. The summed E-state index contributed by atoms with van der Waals surface area (Å²) in [6, 6.07) is 12.1. The van der Waals surface area contributed by atoms with Crippen LogP contribution in [-0.2, 0) is 6.61 Å². The third-order valence-electron chi connectivity index (χ3n) is 4.20. The molecule has 0 saturated heterocycles. The molecule has 4 nitrogen and oxygen atoms in total. The number of hydrogen-bond acceptors (Lipinski definition) is 4. The average Bonchev–Trinajstić information content (AvgIpc) is 3.33. The second kappa shape index (κ2) is 7.66. The van der Waals surface area contributed by atoms with Crippen LogP contribution in [0.25, 0.3) is 10.6 Å². The summed E-state index contributed by atoms with van der Waals surface area (Å²) in [4.78, 5) is 16.4. The van der Waals surface area contributed by atoms with Gasteiger partial charge in [0.1, 0.15) is 28.9 Å². The summed E-state index contributed by atoms with van der Waals surface area (Å²) in [6.07, 6.45) is 2.09. The van der Waals surface area contributed by atoms with Crippen molar-refractivity contribution in [1.82, 2.24) is 10.3 Å². The zero-order valence-corrected chi connectivity index (χ0v) is 15.8. The second-order valence-electron chi connectivity index (χ2n) is 6.30. The normalized spacial score (nSPS) is 13.4. The summed E-state index contributed by atoms with van der Waals surface area (Å²) in [6.45, 7) is 0.0492. The number of nitrogens with zero attached hydrogens (tertiary/aromatic N) is 1. The summed E-state index contributed by atoms with van der Waals surface area (Å²) in [5, 5.41) is 5.79. The van der Waals surface area contributed by atoms with Gasteiger partial charge in [-0.25, -0.2) is 9.37 Å². The lowest BCUT2D eigenvalue weighted by Gasteiger charge is -2.09. The molecule has 1 heterocycles. The molecule has 3 aromatic rings. The molecule has 27 heavy (non-hydrogen) atoms. The highest BCUT2D eigenvalue weighted by molar-refractivity contribution is 7.13. The minimum absolute atomic E-state index is 0.0492. The van der Waals surface area contributed by atoms with Crippen molar-refractivity contribution in [3.8, 4) is 16.3 Å². The molecule has 0 aliphatic heterocycles. The maximum Gasteiger partial charge on any atom is 0.270 e. The molecule has 1 fully saturated rings. The molecule has 0 bridgehead atoms. The number of hydrogen-bond donors (Lipinski definition) is 1. The lowest BCUT2D eigenvalue weighted by atomic mass is 10.2. The Bertz CT molecular complexity index is 950. The Hall–Kier alpha value is -2.44. The van der Waals surface area contributed by atoms with E-state index in [1.54, 1.807) is 29.6 Å². The molecular weight excluding hydrogens is 387 g/mol. The molecule has 1 aliphatic carbocycles. The largest absolute Gasteiger partial charge is 0.489 e. The molecule has 0 unspecified atom stereocenters. The number of amides is 1. The van der Waals surface area contributed by atoms with Crippen LogP contribution < -0.4 is 10.1 Å². The molecule has 0 atom stereocenters. The van der Waals surface area contributed by atoms with Crippen molar-refractivity contribution in [2.45, 2.75) is 25.5 Å². The van der Waals surface area contributed by atoms with E-state index in [1.165, 1.54) is 17.4 Å². The third-order valence-corrected chi connectivity index (χ3v) is 5.44. The second-order valence-corrected chi connectivity index (χ2v) is 7.56. The average molecular weight is 403 g/mol. The van der Waals surface area contributed by atoms with Crippen LogP contribution >= 0.6 is 22.9 Å². The van der Waals surface area contributed by atoms with Gasteiger partial charge in [0.05, 0.1) is 5.02 Å². The Morgan fingerprint density at radius 1 is 1.26 bits per heavy atom. The maximum atomic E-state index is 13.8. The van der Waals surface area contributed by atoms with E-state index in [0.29, 0.717) is 28.1 Å². The molecule has 1 amide bonds. The fourth-order valence-electron chi connectivity index (χ4n) is 2.52. The Labute approximate surface area is 165 Å². The van der Waals surface area contributed by atoms with Crippen LogP contribution in [0.2, 0.25) is 5.02 Å². The Kier molecular flexibility index (Phi) is 5.09. The monoisotopic (exact) mass is 402 g/mol. The van der Waals surface area contributed by atoms with E-state index in [0.717, 1.165) is 23.4 Å². The van der Waals surface area contributed by atoms with Gasteiger partial charge in [0, 0.05) is 22.5 Å². The molecule has 2 aromatic carbocycles. The predicted molar refractivity (Wildman–Crippen MR) is 104 cm³/mol. The summed E-state index contributed by atoms with van der Waals surface area (Å²) < 4.78 is 19.4. The van der Waals surface area contributed by atoms with Gasteiger partial charge in [0.25, 0.3) is 5.91 Å². The van der Waals surface area contributed by atoms with E-state index in [1.807, 2.05) is 12.1 Å².